The van der Waals surface area contributed by atoms with Crippen LogP contribution in [-0.4, -0.2) is 19.5 Å². The van der Waals surface area contributed by atoms with Crippen LogP contribution >= 0.6 is 11.3 Å². The maximum Gasteiger partial charge on any atom is 0.164 e. The predicted molar refractivity (Wildman–Crippen MR) is 291 cm³/mol. The third kappa shape index (κ3) is 5.68. The maximum absolute atomic E-state index is 6.70. The van der Waals surface area contributed by atoms with E-state index >= 15 is 0 Å². The first-order chi connectivity index (χ1) is 35.2. The minimum Gasteiger partial charge on any atom is -0.456 e. The van der Waals surface area contributed by atoms with Gasteiger partial charge in [-0.25, -0.2) is 15.0 Å². The fourth-order valence-electron chi connectivity index (χ4n) is 11.1. The first-order valence-electron chi connectivity index (χ1n) is 23.7. The predicted octanol–water partition coefficient (Wildman–Crippen LogP) is 17.7. The van der Waals surface area contributed by atoms with E-state index in [1.807, 2.05) is 72.0 Å². The highest BCUT2D eigenvalue weighted by Crippen LogP contribution is 2.47. The minimum absolute atomic E-state index is 0.524. The molecule has 0 aliphatic carbocycles. The summed E-state index contributed by atoms with van der Waals surface area (Å²) in [6, 6.07) is 72.1. The van der Waals surface area contributed by atoms with Gasteiger partial charge in [0.25, 0.3) is 0 Å². The van der Waals surface area contributed by atoms with Crippen molar-refractivity contribution in [2.75, 3.05) is 0 Å². The van der Waals surface area contributed by atoms with Crippen LogP contribution in [-0.2, 0) is 0 Å². The van der Waals surface area contributed by atoms with Crippen molar-refractivity contribution in [3.05, 3.63) is 206 Å². The van der Waals surface area contributed by atoms with Crippen LogP contribution in [0.4, 0.5) is 0 Å². The third-order valence-corrected chi connectivity index (χ3v) is 15.4. The average molecular weight is 927 g/mol. The molecule has 8 heteroatoms. The first kappa shape index (κ1) is 38.6. The third-order valence-electron chi connectivity index (χ3n) is 14.3. The van der Waals surface area contributed by atoms with Crippen LogP contribution in [0.1, 0.15) is 0 Å². The molecule has 16 aromatic rings. The number of para-hydroxylation sites is 4. The van der Waals surface area contributed by atoms with Gasteiger partial charge in [0, 0.05) is 91.2 Å². The van der Waals surface area contributed by atoms with Crippen molar-refractivity contribution in [1.82, 2.24) is 19.5 Å². The van der Waals surface area contributed by atoms with Gasteiger partial charge in [-0.1, -0.05) is 121 Å². The summed E-state index contributed by atoms with van der Waals surface area (Å²) in [5, 5.41) is 11.1. The van der Waals surface area contributed by atoms with Crippen molar-refractivity contribution in [3.63, 3.8) is 0 Å². The topological polar surface area (TPSA) is 83.0 Å². The molecule has 0 bridgehead atoms. The lowest BCUT2D eigenvalue weighted by Crippen LogP contribution is -2.00. The van der Waals surface area contributed by atoms with Gasteiger partial charge in [0.2, 0.25) is 0 Å². The molecule has 0 fully saturated rings. The zero-order chi connectivity index (χ0) is 46.3. The molecule has 0 unspecified atom stereocenters. The summed E-state index contributed by atoms with van der Waals surface area (Å²) in [5.41, 5.74) is 12.8. The van der Waals surface area contributed by atoms with Crippen molar-refractivity contribution >= 4 is 119 Å². The molecule has 0 spiro atoms. The fourth-order valence-corrected chi connectivity index (χ4v) is 12.2. The van der Waals surface area contributed by atoms with Gasteiger partial charge in [0.1, 0.15) is 33.5 Å². The Morgan fingerprint density at radius 3 is 1.63 bits per heavy atom. The Kier molecular flexibility index (Phi) is 7.92. The SMILES string of the molecule is c1ccc(-n2c3ccc4sc5ccccc5c4c3c3cccc(-c4ccc5oc6cccc(-c7nc(-c8ccc9c(c8)oc8ccccc89)nc(-c8ccc9c(c8)oc8ccccc89)n7)c6c5c4)c32)cc1. The molecule has 0 saturated heterocycles. The van der Waals surface area contributed by atoms with Crippen molar-refractivity contribution in [3.8, 4) is 51.0 Å². The number of fused-ring (bicyclic) bond motifs is 16. The van der Waals surface area contributed by atoms with Crippen LogP contribution in [0.3, 0.4) is 0 Å². The highest BCUT2D eigenvalue weighted by atomic mass is 32.1. The first-order valence-corrected chi connectivity index (χ1v) is 24.5. The van der Waals surface area contributed by atoms with E-state index in [0.717, 1.165) is 105 Å². The van der Waals surface area contributed by atoms with Gasteiger partial charge in [-0.15, -0.1) is 11.3 Å². The summed E-state index contributed by atoms with van der Waals surface area (Å²) >= 11 is 1.85. The Bertz CT molecular complexity index is 4770. The molecule has 71 heavy (non-hydrogen) atoms. The summed E-state index contributed by atoms with van der Waals surface area (Å²) in [7, 11) is 0. The van der Waals surface area contributed by atoms with E-state index in [4.69, 9.17) is 28.2 Å². The molecule has 0 radical (unpaired) electrons. The molecule has 0 aliphatic heterocycles. The quantitative estimate of drug-likeness (QED) is 0.171. The number of furan rings is 3. The molecular weight excluding hydrogens is 893 g/mol. The van der Waals surface area contributed by atoms with E-state index in [1.165, 1.54) is 36.5 Å². The van der Waals surface area contributed by atoms with Gasteiger partial charge in [-0.3, -0.25) is 0 Å². The molecule has 6 aromatic heterocycles. The van der Waals surface area contributed by atoms with Crippen LogP contribution in [0.15, 0.2) is 220 Å². The molecule has 16 rings (SSSR count). The van der Waals surface area contributed by atoms with Crippen molar-refractivity contribution in [1.29, 1.82) is 0 Å². The van der Waals surface area contributed by atoms with Crippen LogP contribution in [0.25, 0.3) is 159 Å². The number of hydrogen-bond donors (Lipinski definition) is 0. The van der Waals surface area contributed by atoms with Gasteiger partial charge in [-0.2, -0.15) is 0 Å². The zero-order valence-electron chi connectivity index (χ0n) is 37.6. The molecule has 0 N–H and O–H groups in total. The van der Waals surface area contributed by atoms with Crippen molar-refractivity contribution in [2.24, 2.45) is 0 Å². The molecule has 6 heterocycles. The molecule has 0 atom stereocenters. The second kappa shape index (κ2) is 14.6. The standard InChI is InChI=1S/C63H34N4O3S/c1-2-12-38(13-3-1)67-48-29-31-56-59(44-16-6-9-23-55(44)71-56)58(48)45-18-10-17-39(60(45)67)35-26-30-51-47(32-35)57-46(19-11-22-52(57)68-51)63-65-61(36-24-27-42-40-14-4-7-20-49(40)69-53(42)33-36)64-62(66-63)37-25-28-43-41-15-5-8-21-50(41)70-54(43)34-37/h1-34H. The number of hydrogen-bond acceptors (Lipinski definition) is 7. The van der Waals surface area contributed by atoms with E-state index in [9.17, 15) is 0 Å². The van der Waals surface area contributed by atoms with Crippen LogP contribution < -0.4 is 0 Å². The molecule has 0 amide bonds. The lowest BCUT2D eigenvalue weighted by Gasteiger charge is -2.12. The largest absolute Gasteiger partial charge is 0.456 e. The Morgan fingerprint density at radius 2 is 0.887 bits per heavy atom. The molecule has 10 aromatic carbocycles. The number of aromatic nitrogens is 4. The number of nitrogens with zero attached hydrogens (tertiary/aromatic N) is 4. The van der Waals surface area contributed by atoms with Gasteiger partial charge in [0.05, 0.1) is 11.0 Å². The van der Waals surface area contributed by atoms with Crippen molar-refractivity contribution < 1.29 is 13.3 Å². The lowest BCUT2D eigenvalue weighted by atomic mass is 9.98. The Balaban J connectivity index is 0.925. The zero-order valence-corrected chi connectivity index (χ0v) is 38.4. The van der Waals surface area contributed by atoms with Gasteiger partial charge in [-0.05, 0) is 90.5 Å². The van der Waals surface area contributed by atoms with Gasteiger partial charge >= 0.3 is 0 Å². The number of benzene rings is 10. The molecule has 0 aliphatic rings. The Morgan fingerprint density at radius 1 is 0.324 bits per heavy atom. The fraction of sp³-hybridized carbons (Fsp3) is 0. The molecule has 0 saturated carbocycles. The van der Waals surface area contributed by atoms with E-state index in [0.29, 0.717) is 17.5 Å². The number of rotatable bonds is 5. The Hall–Kier alpha value is -9.37. The average Bonchev–Trinajstić information content (AvgIpc) is 4.25. The highest BCUT2D eigenvalue weighted by molar-refractivity contribution is 7.26. The van der Waals surface area contributed by atoms with Crippen LogP contribution in [0.2, 0.25) is 0 Å². The lowest BCUT2D eigenvalue weighted by molar-refractivity contribution is 0.668. The monoisotopic (exact) mass is 926 g/mol. The number of thiophene rings is 1. The summed E-state index contributed by atoms with van der Waals surface area (Å²) in [6.45, 7) is 0. The van der Waals surface area contributed by atoms with Crippen molar-refractivity contribution in [2.45, 2.75) is 0 Å². The highest BCUT2D eigenvalue weighted by Gasteiger charge is 2.23. The summed E-state index contributed by atoms with van der Waals surface area (Å²) in [5.74, 6) is 1.57. The Labute approximate surface area is 407 Å². The normalized spacial score (nSPS) is 12.2. The van der Waals surface area contributed by atoms with E-state index < -0.39 is 0 Å². The van der Waals surface area contributed by atoms with Gasteiger partial charge < -0.3 is 17.8 Å². The van der Waals surface area contributed by atoms with E-state index in [2.05, 4.69) is 150 Å². The van der Waals surface area contributed by atoms with Crippen LogP contribution in [0.5, 0.6) is 0 Å². The summed E-state index contributed by atoms with van der Waals surface area (Å²) in [6.07, 6.45) is 0. The summed E-state index contributed by atoms with van der Waals surface area (Å²) < 4.78 is 24.5. The summed E-state index contributed by atoms with van der Waals surface area (Å²) in [4.78, 5) is 15.8. The maximum atomic E-state index is 6.70. The second-order valence-corrected chi connectivity index (χ2v) is 19.3. The molecule has 7 nitrogen and oxygen atoms in total. The van der Waals surface area contributed by atoms with E-state index in [-0.39, 0.29) is 0 Å². The van der Waals surface area contributed by atoms with E-state index in [1.54, 1.807) is 0 Å². The van der Waals surface area contributed by atoms with Gasteiger partial charge in [0.15, 0.2) is 17.5 Å². The smallest absolute Gasteiger partial charge is 0.164 e. The van der Waals surface area contributed by atoms with Crippen LogP contribution in [0, 0.1) is 0 Å². The second-order valence-electron chi connectivity index (χ2n) is 18.2. The minimum atomic E-state index is 0.524. The molecular formula is C63H34N4O3S. The molecule has 330 valence electrons.